The molecular formula is C30H29N3O4. The van der Waals surface area contributed by atoms with E-state index in [1.54, 1.807) is 44.7 Å². The second-order valence-corrected chi connectivity index (χ2v) is 8.34. The molecular weight excluding hydrogens is 466 g/mol. The molecule has 1 atom stereocenters. The van der Waals surface area contributed by atoms with Crippen LogP contribution in [0.4, 0.5) is 11.4 Å². The third-order valence-electron chi connectivity index (χ3n) is 5.99. The van der Waals surface area contributed by atoms with Crippen LogP contribution in [0.1, 0.15) is 12.5 Å². The zero-order valence-electron chi connectivity index (χ0n) is 20.9. The molecule has 3 aromatic rings. The Morgan fingerprint density at radius 3 is 1.92 bits per heavy atom. The molecule has 0 radical (unpaired) electrons. The number of amides is 2. The van der Waals surface area contributed by atoms with E-state index in [1.165, 1.54) is 0 Å². The third-order valence-corrected chi connectivity index (χ3v) is 5.99. The van der Waals surface area contributed by atoms with Crippen molar-refractivity contribution >= 4 is 29.3 Å². The quantitative estimate of drug-likeness (QED) is 0.391. The molecule has 2 amide bonds. The van der Waals surface area contributed by atoms with E-state index in [-0.39, 0.29) is 11.8 Å². The fourth-order valence-corrected chi connectivity index (χ4v) is 4.11. The van der Waals surface area contributed by atoms with E-state index in [0.29, 0.717) is 39.7 Å². The van der Waals surface area contributed by atoms with E-state index in [2.05, 4.69) is 16.0 Å². The summed E-state index contributed by atoms with van der Waals surface area (Å²) in [5, 5.41) is 8.96. The maximum Gasteiger partial charge on any atom is 0.254 e. The van der Waals surface area contributed by atoms with Gasteiger partial charge in [-0.05, 0) is 36.8 Å². The van der Waals surface area contributed by atoms with Gasteiger partial charge in [-0.3, -0.25) is 9.59 Å². The summed E-state index contributed by atoms with van der Waals surface area (Å²) in [6.45, 7) is 1.81. The number of rotatable bonds is 8. The molecule has 0 saturated carbocycles. The van der Waals surface area contributed by atoms with Crippen LogP contribution in [0.25, 0.3) is 6.08 Å². The van der Waals surface area contributed by atoms with E-state index in [1.807, 2.05) is 73.7 Å². The average molecular weight is 496 g/mol. The van der Waals surface area contributed by atoms with Gasteiger partial charge in [-0.2, -0.15) is 0 Å². The van der Waals surface area contributed by atoms with Gasteiger partial charge in [0.15, 0.2) is 0 Å². The molecule has 0 saturated heterocycles. The molecule has 7 heteroatoms. The minimum absolute atomic E-state index is 0.340. The van der Waals surface area contributed by atoms with Gasteiger partial charge in [0, 0.05) is 29.0 Å². The highest BCUT2D eigenvalue weighted by atomic mass is 16.5. The third kappa shape index (κ3) is 5.90. The molecule has 3 aromatic carbocycles. The van der Waals surface area contributed by atoms with E-state index in [4.69, 9.17) is 9.47 Å². The van der Waals surface area contributed by atoms with Crippen LogP contribution in [0.15, 0.2) is 108 Å². The second kappa shape index (κ2) is 11.8. The molecule has 0 aromatic heterocycles. The van der Waals surface area contributed by atoms with E-state index in [9.17, 15) is 9.59 Å². The number of para-hydroxylation sites is 4. The summed E-state index contributed by atoms with van der Waals surface area (Å²) < 4.78 is 10.8. The first kappa shape index (κ1) is 25.3. The smallest absolute Gasteiger partial charge is 0.254 e. The maximum absolute atomic E-state index is 13.6. The first-order valence-corrected chi connectivity index (χ1v) is 11.8. The molecule has 1 aliphatic rings. The Hall–Kier alpha value is -4.78. The molecule has 1 heterocycles. The van der Waals surface area contributed by atoms with Gasteiger partial charge in [0.25, 0.3) is 11.8 Å². The number of nitrogens with one attached hydrogen (secondary N) is 3. The SMILES string of the molecule is COc1ccccc1NC(=O)C1=CNC(C)=C(C(=O)Nc2ccccc2OC)[C@@H]1/C=C/c1ccccc1. The molecule has 0 bridgehead atoms. The second-order valence-electron chi connectivity index (χ2n) is 8.34. The largest absolute Gasteiger partial charge is 0.495 e. The number of hydrogen-bond donors (Lipinski definition) is 3. The van der Waals surface area contributed by atoms with Crippen LogP contribution in [0.3, 0.4) is 0 Å². The first-order chi connectivity index (χ1) is 18.0. The maximum atomic E-state index is 13.6. The number of anilines is 2. The van der Waals surface area contributed by atoms with Crippen molar-refractivity contribution in [2.75, 3.05) is 24.9 Å². The van der Waals surface area contributed by atoms with Crippen LogP contribution in [-0.2, 0) is 9.59 Å². The molecule has 7 nitrogen and oxygen atoms in total. The van der Waals surface area contributed by atoms with E-state index in [0.717, 1.165) is 5.56 Å². The summed E-state index contributed by atoms with van der Waals surface area (Å²) in [6.07, 6.45) is 5.41. The molecule has 0 aliphatic carbocycles. The number of hydrogen-bond acceptors (Lipinski definition) is 5. The number of allylic oxidation sites excluding steroid dienone is 2. The molecule has 0 unspecified atom stereocenters. The summed E-state index contributed by atoms with van der Waals surface area (Å²) in [5.74, 6) is -0.232. The monoisotopic (exact) mass is 495 g/mol. The normalized spacial score (nSPS) is 15.0. The molecule has 3 N–H and O–H groups in total. The van der Waals surface area contributed by atoms with Gasteiger partial charge in [0.05, 0.1) is 25.6 Å². The number of benzene rings is 3. The van der Waals surface area contributed by atoms with Gasteiger partial charge in [-0.1, -0.05) is 66.7 Å². The van der Waals surface area contributed by atoms with E-state index < -0.39 is 5.92 Å². The van der Waals surface area contributed by atoms with Crippen LogP contribution in [0.5, 0.6) is 11.5 Å². The van der Waals surface area contributed by atoms with Crippen molar-refractivity contribution in [3.05, 3.63) is 114 Å². The molecule has 37 heavy (non-hydrogen) atoms. The van der Waals surface area contributed by atoms with Crippen molar-refractivity contribution in [1.82, 2.24) is 5.32 Å². The summed E-state index contributed by atoms with van der Waals surface area (Å²) in [4.78, 5) is 27.1. The topological polar surface area (TPSA) is 88.7 Å². The lowest BCUT2D eigenvalue weighted by Gasteiger charge is -2.27. The lowest BCUT2D eigenvalue weighted by atomic mass is 9.85. The molecule has 1 aliphatic heterocycles. The Kier molecular flexibility index (Phi) is 8.05. The summed E-state index contributed by atoms with van der Waals surface area (Å²) in [7, 11) is 3.09. The minimum Gasteiger partial charge on any atom is -0.495 e. The standard InChI is InChI=1S/C30H29N3O4/c1-20-28(30(35)33-25-14-8-10-16-27(25)37-3)22(18-17-21-11-5-4-6-12-21)23(19-31-20)29(34)32-24-13-7-9-15-26(24)36-2/h4-19,22,31H,1-3H3,(H,32,34)(H,33,35)/b18-17+/t22-/m1/s1. The summed E-state index contributed by atoms with van der Waals surface area (Å²) in [6, 6.07) is 24.1. The van der Waals surface area contributed by atoms with Crippen LogP contribution in [0.2, 0.25) is 0 Å². The number of carbonyl (C=O) groups excluding carboxylic acids is 2. The fraction of sp³-hybridized carbons (Fsp3) is 0.133. The highest BCUT2D eigenvalue weighted by Crippen LogP contribution is 2.33. The van der Waals surface area contributed by atoms with Crippen molar-refractivity contribution in [3.8, 4) is 11.5 Å². The predicted octanol–water partition coefficient (Wildman–Crippen LogP) is 5.37. The number of ether oxygens (including phenoxy) is 2. The Balaban J connectivity index is 1.69. The first-order valence-electron chi connectivity index (χ1n) is 11.8. The van der Waals surface area contributed by atoms with Crippen LogP contribution >= 0.6 is 0 Å². The highest BCUT2D eigenvalue weighted by molar-refractivity contribution is 6.11. The van der Waals surface area contributed by atoms with Crippen molar-refractivity contribution in [1.29, 1.82) is 0 Å². The lowest BCUT2D eigenvalue weighted by molar-refractivity contribution is -0.113. The van der Waals surface area contributed by atoms with Gasteiger partial charge in [-0.15, -0.1) is 0 Å². The van der Waals surface area contributed by atoms with Crippen LogP contribution < -0.4 is 25.4 Å². The van der Waals surface area contributed by atoms with E-state index >= 15 is 0 Å². The van der Waals surface area contributed by atoms with Gasteiger partial charge in [0.1, 0.15) is 11.5 Å². The van der Waals surface area contributed by atoms with Crippen LogP contribution in [0, 0.1) is 5.92 Å². The van der Waals surface area contributed by atoms with Crippen molar-refractivity contribution in [2.45, 2.75) is 6.92 Å². The summed E-state index contributed by atoms with van der Waals surface area (Å²) in [5.41, 5.74) is 3.47. The van der Waals surface area contributed by atoms with Crippen LogP contribution in [-0.4, -0.2) is 26.0 Å². The van der Waals surface area contributed by atoms with Gasteiger partial charge < -0.3 is 25.4 Å². The molecule has 0 spiro atoms. The minimum atomic E-state index is -0.620. The Labute approximate surface area is 216 Å². The van der Waals surface area contributed by atoms with Crippen molar-refractivity contribution < 1.29 is 19.1 Å². The van der Waals surface area contributed by atoms with Gasteiger partial charge in [0.2, 0.25) is 0 Å². The zero-order chi connectivity index (χ0) is 26.2. The number of methoxy groups -OCH3 is 2. The lowest BCUT2D eigenvalue weighted by Crippen LogP contribution is -2.33. The predicted molar refractivity (Wildman–Crippen MR) is 146 cm³/mol. The van der Waals surface area contributed by atoms with Crippen molar-refractivity contribution in [2.24, 2.45) is 5.92 Å². The van der Waals surface area contributed by atoms with Gasteiger partial charge >= 0.3 is 0 Å². The fourth-order valence-electron chi connectivity index (χ4n) is 4.11. The Morgan fingerprint density at radius 2 is 1.32 bits per heavy atom. The molecule has 188 valence electrons. The Bertz CT molecular complexity index is 1380. The summed E-state index contributed by atoms with van der Waals surface area (Å²) >= 11 is 0. The van der Waals surface area contributed by atoms with Gasteiger partial charge in [-0.25, -0.2) is 0 Å². The molecule has 0 fully saturated rings. The Morgan fingerprint density at radius 1 is 0.784 bits per heavy atom. The average Bonchev–Trinajstić information content (AvgIpc) is 2.92. The number of carbonyl (C=O) groups is 2. The molecule has 4 rings (SSSR count). The number of dihydropyridines is 1. The zero-order valence-corrected chi connectivity index (χ0v) is 20.9. The highest BCUT2D eigenvalue weighted by Gasteiger charge is 2.32. The van der Waals surface area contributed by atoms with Crippen molar-refractivity contribution in [3.63, 3.8) is 0 Å².